The molecule has 2 atom stereocenters. The van der Waals surface area contributed by atoms with Gasteiger partial charge >= 0.3 is 0 Å². The number of aryl methyl sites for hydroxylation is 1. The summed E-state index contributed by atoms with van der Waals surface area (Å²) in [6.45, 7) is 6.35. The minimum atomic E-state index is -0.506. The Balaban J connectivity index is 1.66. The number of hydrogen-bond donors (Lipinski definition) is 1. The van der Waals surface area contributed by atoms with Gasteiger partial charge in [-0.1, -0.05) is 42.8 Å². The fourth-order valence-corrected chi connectivity index (χ4v) is 4.21. The van der Waals surface area contributed by atoms with E-state index in [1.54, 1.807) is 6.92 Å². The standard InChI is InChI=1S/C25H30N2O3/c1-4-23(25(29)26-20-9-10-20)30-21-11-8-18-12-13-27(17(3)28)24(22(18)15-21)19-7-5-6-16(2)14-19/h5-8,11,14-15,20,23-24H,4,9-10,12-13H2,1-3H3,(H,26,29)/t23-,24-/m1/s1. The van der Waals surface area contributed by atoms with E-state index in [1.807, 2.05) is 30.0 Å². The van der Waals surface area contributed by atoms with Crippen LogP contribution in [0, 0.1) is 6.92 Å². The summed E-state index contributed by atoms with van der Waals surface area (Å²) in [7, 11) is 0. The summed E-state index contributed by atoms with van der Waals surface area (Å²) < 4.78 is 6.11. The zero-order valence-corrected chi connectivity index (χ0v) is 18.0. The van der Waals surface area contributed by atoms with E-state index in [0.717, 1.165) is 30.4 Å². The molecule has 1 N–H and O–H groups in total. The number of rotatable bonds is 6. The van der Waals surface area contributed by atoms with Gasteiger partial charge in [0.1, 0.15) is 5.75 Å². The van der Waals surface area contributed by atoms with E-state index in [1.165, 1.54) is 11.1 Å². The number of carbonyl (C=O) groups is 2. The average Bonchev–Trinajstić information content (AvgIpc) is 3.54. The van der Waals surface area contributed by atoms with Crippen molar-refractivity contribution in [3.8, 4) is 5.75 Å². The maximum atomic E-state index is 12.5. The van der Waals surface area contributed by atoms with Crippen LogP contribution in [0.25, 0.3) is 0 Å². The van der Waals surface area contributed by atoms with Crippen LogP contribution in [0.2, 0.25) is 0 Å². The van der Waals surface area contributed by atoms with Gasteiger partial charge in [-0.3, -0.25) is 9.59 Å². The van der Waals surface area contributed by atoms with Crippen molar-refractivity contribution in [2.24, 2.45) is 0 Å². The van der Waals surface area contributed by atoms with Crippen molar-refractivity contribution in [2.45, 2.75) is 64.6 Å². The molecule has 2 aromatic carbocycles. The lowest BCUT2D eigenvalue weighted by atomic mass is 9.87. The molecule has 0 aromatic heterocycles. The monoisotopic (exact) mass is 406 g/mol. The molecule has 1 saturated carbocycles. The van der Waals surface area contributed by atoms with Gasteiger partial charge in [-0.2, -0.15) is 0 Å². The second kappa shape index (κ2) is 8.50. The Morgan fingerprint density at radius 3 is 2.67 bits per heavy atom. The Morgan fingerprint density at radius 1 is 1.20 bits per heavy atom. The van der Waals surface area contributed by atoms with Crippen LogP contribution in [0.15, 0.2) is 42.5 Å². The molecular formula is C25H30N2O3. The Bertz CT molecular complexity index is 951. The number of hydrogen-bond acceptors (Lipinski definition) is 3. The molecule has 2 aromatic rings. The second-order valence-corrected chi connectivity index (χ2v) is 8.44. The van der Waals surface area contributed by atoms with E-state index in [4.69, 9.17) is 4.74 Å². The second-order valence-electron chi connectivity index (χ2n) is 8.44. The van der Waals surface area contributed by atoms with Crippen LogP contribution < -0.4 is 10.1 Å². The fourth-order valence-electron chi connectivity index (χ4n) is 4.21. The number of amides is 2. The molecule has 1 fully saturated rings. The number of fused-ring (bicyclic) bond motifs is 1. The first-order chi connectivity index (χ1) is 14.5. The van der Waals surface area contributed by atoms with Gasteiger partial charge < -0.3 is 15.0 Å². The van der Waals surface area contributed by atoms with Crippen LogP contribution in [0.3, 0.4) is 0 Å². The smallest absolute Gasteiger partial charge is 0.261 e. The molecule has 5 heteroatoms. The summed E-state index contributed by atoms with van der Waals surface area (Å²) in [4.78, 5) is 26.8. The predicted octanol–water partition coefficient (Wildman–Crippen LogP) is 3.93. The third-order valence-corrected chi connectivity index (χ3v) is 5.97. The molecule has 2 amide bonds. The van der Waals surface area contributed by atoms with Gasteiger partial charge in [0.15, 0.2) is 6.10 Å². The number of nitrogens with zero attached hydrogens (tertiary/aromatic N) is 1. The maximum absolute atomic E-state index is 12.5. The molecular weight excluding hydrogens is 376 g/mol. The molecule has 0 unspecified atom stereocenters. The van der Waals surface area contributed by atoms with Crippen LogP contribution in [0.5, 0.6) is 5.75 Å². The highest BCUT2D eigenvalue weighted by Crippen LogP contribution is 2.37. The molecule has 0 radical (unpaired) electrons. The van der Waals surface area contributed by atoms with E-state index < -0.39 is 6.10 Å². The van der Waals surface area contributed by atoms with E-state index in [9.17, 15) is 9.59 Å². The third kappa shape index (κ3) is 4.35. The summed E-state index contributed by atoms with van der Waals surface area (Å²) in [5.74, 6) is 0.696. The summed E-state index contributed by atoms with van der Waals surface area (Å²) >= 11 is 0. The average molecular weight is 407 g/mol. The molecule has 1 aliphatic heterocycles. The molecule has 0 bridgehead atoms. The Labute approximate surface area is 178 Å². The van der Waals surface area contributed by atoms with Crippen molar-refractivity contribution in [1.29, 1.82) is 0 Å². The Kier molecular flexibility index (Phi) is 5.80. The van der Waals surface area contributed by atoms with Crippen molar-refractivity contribution in [1.82, 2.24) is 10.2 Å². The number of benzene rings is 2. The molecule has 5 nitrogen and oxygen atoms in total. The van der Waals surface area contributed by atoms with Crippen molar-refractivity contribution in [2.75, 3.05) is 6.54 Å². The molecule has 2 aliphatic rings. The first-order valence-corrected chi connectivity index (χ1v) is 10.9. The van der Waals surface area contributed by atoms with Gasteiger partial charge in [0, 0.05) is 19.5 Å². The Morgan fingerprint density at radius 2 is 2.00 bits per heavy atom. The van der Waals surface area contributed by atoms with Gasteiger partial charge in [0.2, 0.25) is 5.91 Å². The molecule has 0 spiro atoms. The van der Waals surface area contributed by atoms with E-state index in [-0.39, 0.29) is 17.9 Å². The van der Waals surface area contributed by atoms with Crippen LogP contribution in [-0.4, -0.2) is 35.4 Å². The van der Waals surface area contributed by atoms with Gasteiger partial charge in [0.05, 0.1) is 6.04 Å². The van der Waals surface area contributed by atoms with Gasteiger partial charge in [-0.15, -0.1) is 0 Å². The lowest BCUT2D eigenvalue weighted by Crippen LogP contribution is -2.40. The van der Waals surface area contributed by atoms with Crippen molar-refractivity contribution >= 4 is 11.8 Å². The minimum Gasteiger partial charge on any atom is -0.481 e. The highest BCUT2D eigenvalue weighted by atomic mass is 16.5. The van der Waals surface area contributed by atoms with Gasteiger partial charge in [0.25, 0.3) is 5.91 Å². The van der Waals surface area contributed by atoms with Crippen molar-refractivity contribution < 1.29 is 14.3 Å². The molecule has 0 saturated heterocycles. The Hall–Kier alpha value is -2.82. The van der Waals surface area contributed by atoms with Gasteiger partial charge in [-0.25, -0.2) is 0 Å². The van der Waals surface area contributed by atoms with Crippen LogP contribution >= 0.6 is 0 Å². The molecule has 4 rings (SSSR count). The van der Waals surface area contributed by atoms with Crippen molar-refractivity contribution in [3.05, 3.63) is 64.7 Å². The first-order valence-electron chi connectivity index (χ1n) is 10.9. The topological polar surface area (TPSA) is 58.6 Å². The quantitative estimate of drug-likeness (QED) is 0.791. The summed E-state index contributed by atoms with van der Waals surface area (Å²) in [5, 5.41) is 3.03. The summed E-state index contributed by atoms with van der Waals surface area (Å²) in [6.07, 6.45) is 3.03. The third-order valence-electron chi connectivity index (χ3n) is 5.97. The predicted molar refractivity (Wildman–Crippen MR) is 116 cm³/mol. The largest absolute Gasteiger partial charge is 0.481 e. The summed E-state index contributed by atoms with van der Waals surface area (Å²) in [5.41, 5.74) is 4.57. The normalized spacial score (nSPS) is 19.0. The van der Waals surface area contributed by atoms with Crippen LogP contribution in [0.4, 0.5) is 0 Å². The highest BCUT2D eigenvalue weighted by Gasteiger charge is 2.32. The SMILES string of the molecule is CC[C@@H](Oc1ccc2c(c1)[C@@H](c1cccc(C)c1)N(C(C)=O)CC2)C(=O)NC1CC1. The fraction of sp³-hybridized carbons (Fsp3) is 0.440. The van der Waals surface area contributed by atoms with E-state index in [2.05, 4.69) is 36.5 Å². The van der Waals surface area contributed by atoms with Crippen LogP contribution in [0.1, 0.15) is 61.4 Å². The lowest BCUT2D eigenvalue weighted by Gasteiger charge is -2.37. The summed E-state index contributed by atoms with van der Waals surface area (Å²) in [6, 6.07) is 14.5. The zero-order valence-electron chi connectivity index (χ0n) is 18.0. The molecule has 158 valence electrons. The van der Waals surface area contributed by atoms with Crippen molar-refractivity contribution in [3.63, 3.8) is 0 Å². The lowest BCUT2D eigenvalue weighted by molar-refractivity contribution is -0.131. The molecule has 1 heterocycles. The minimum absolute atomic E-state index is 0.0432. The van der Waals surface area contributed by atoms with Crippen LogP contribution in [-0.2, 0) is 16.0 Å². The van der Waals surface area contributed by atoms with E-state index in [0.29, 0.717) is 24.8 Å². The van der Waals surface area contributed by atoms with Gasteiger partial charge in [-0.05, 0) is 61.4 Å². The van der Waals surface area contributed by atoms with E-state index >= 15 is 0 Å². The number of carbonyl (C=O) groups excluding carboxylic acids is 2. The molecule has 1 aliphatic carbocycles. The molecule has 30 heavy (non-hydrogen) atoms. The number of ether oxygens (including phenoxy) is 1. The highest BCUT2D eigenvalue weighted by molar-refractivity contribution is 5.81. The first kappa shape index (κ1) is 20.5. The zero-order chi connectivity index (χ0) is 21.3. The number of nitrogens with one attached hydrogen (secondary N) is 1. The maximum Gasteiger partial charge on any atom is 0.261 e.